The summed E-state index contributed by atoms with van der Waals surface area (Å²) in [5.41, 5.74) is 3.33. The molecule has 3 aromatic rings. The number of hydrogen-bond donors (Lipinski definition) is 0. The molecule has 0 bridgehead atoms. The van der Waals surface area contributed by atoms with Crippen LogP contribution in [-0.4, -0.2) is 14.1 Å². The number of benzene rings is 2. The first-order valence-corrected chi connectivity index (χ1v) is 6.88. The summed E-state index contributed by atoms with van der Waals surface area (Å²) in [5.74, 6) is 0.643. The third-order valence-corrected chi connectivity index (χ3v) is 3.67. The summed E-state index contributed by atoms with van der Waals surface area (Å²) >= 11 is 0. The van der Waals surface area contributed by atoms with E-state index in [0.29, 0.717) is 22.3 Å². The number of hydrogen-bond acceptors (Lipinski definition) is 3. The number of para-hydroxylation sites is 1. The third kappa shape index (κ3) is 2.31. The van der Waals surface area contributed by atoms with Gasteiger partial charge in [0, 0.05) is 30.9 Å². The highest BCUT2D eigenvalue weighted by molar-refractivity contribution is 5.80. The maximum Gasteiger partial charge on any atom is 0.196 e. The second-order valence-corrected chi connectivity index (χ2v) is 5.32. The zero-order valence-electron chi connectivity index (χ0n) is 12.4. The second kappa shape index (κ2) is 5.09. The molecular formula is C18H17NO2. The maximum atomic E-state index is 12.4. The Morgan fingerprint density at radius 2 is 1.62 bits per heavy atom. The van der Waals surface area contributed by atoms with Crippen molar-refractivity contribution >= 4 is 16.7 Å². The molecule has 3 rings (SSSR count). The van der Waals surface area contributed by atoms with Crippen molar-refractivity contribution in [1.82, 2.24) is 0 Å². The molecule has 0 unspecified atom stereocenters. The van der Waals surface area contributed by atoms with Crippen LogP contribution in [0.25, 0.3) is 22.3 Å². The zero-order valence-corrected chi connectivity index (χ0v) is 12.4. The molecule has 3 nitrogen and oxygen atoms in total. The molecule has 0 atom stereocenters. The summed E-state index contributed by atoms with van der Waals surface area (Å²) in [4.78, 5) is 14.5. The Labute approximate surface area is 123 Å². The Morgan fingerprint density at radius 3 is 2.29 bits per heavy atom. The van der Waals surface area contributed by atoms with Gasteiger partial charge in [-0.2, -0.15) is 0 Å². The van der Waals surface area contributed by atoms with Crippen molar-refractivity contribution in [3.8, 4) is 11.3 Å². The van der Waals surface area contributed by atoms with Gasteiger partial charge in [-0.3, -0.25) is 4.79 Å². The van der Waals surface area contributed by atoms with E-state index in [4.69, 9.17) is 4.42 Å². The molecule has 21 heavy (non-hydrogen) atoms. The van der Waals surface area contributed by atoms with Gasteiger partial charge in [0.25, 0.3) is 0 Å². The van der Waals surface area contributed by atoms with Crippen LogP contribution >= 0.6 is 0 Å². The van der Waals surface area contributed by atoms with E-state index in [1.54, 1.807) is 6.07 Å². The lowest BCUT2D eigenvalue weighted by molar-refractivity contribution is 0.614. The molecular weight excluding hydrogens is 262 g/mol. The predicted molar refractivity (Wildman–Crippen MR) is 87.0 cm³/mol. The van der Waals surface area contributed by atoms with Crippen molar-refractivity contribution < 1.29 is 4.42 Å². The fraction of sp³-hybridized carbons (Fsp3) is 0.167. The Bertz CT molecular complexity index is 845. The zero-order chi connectivity index (χ0) is 15.0. The minimum Gasteiger partial charge on any atom is -0.456 e. The van der Waals surface area contributed by atoms with Gasteiger partial charge in [0.2, 0.25) is 0 Å². The lowest BCUT2D eigenvalue weighted by Gasteiger charge is -2.13. The summed E-state index contributed by atoms with van der Waals surface area (Å²) in [6.45, 7) is 1.81. The van der Waals surface area contributed by atoms with Crippen LogP contribution in [0.2, 0.25) is 0 Å². The van der Waals surface area contributed by atoms with Crippen LogP contribution in [0.1, 0.15) is 5.56 Å². The topological polar surface area (TPSA) is 33.5 Å². The van der Waals surface area contributed by atoms with Crippen LogP contribution < -0.4 is 10.3 Å². The Morgan fingerprint density at radius 1 is 0.952 bits per heavy atom. The molecule has 0 saturated carbocycles. The van der Waals surface area contributed by atoms with Gasteiger partial charge < -0.3 is 9.32 Å². The summed E-state index contributed by atoms with van der Waals surface area (Å²) < 4.78 is 5.95. The molecule has 0 saturated heterocycles. The predicted octanol–water partition coefficient (Wildman–Crippen LogP) is 3.83. The molecule has 0 amide bonds. The number of anilines is 1. The molecule has 0 radical (unpaired) electrons. The van der Waals surface area contributed by atoms with Crippen LogP contribution in [0.3, 0.4) is 0 Å². The van der Waals surface area contributed by atoms with Crippen LogP contribution in [0.15, 0.2) is 57.7 Å². The second-order valence-electron chi connectivity index (χ2n) is 5.32. The van der Waals surface area contributed by atoms with Crippen LogP contribution in [0.4, 0.5) is 5.69 Å². The Balaban J connectivity index is 2.20. The first-order valence-electron chi connectivity index (χ1n) is 6.88. The van der Waals surface area contributed by atoms with E-state index in [0.717, 1.165) is 11.3 Å². The molecule has 106 valence electrons. The molecule has 2 aromatic carbocycles. The van der Waals surface area contributed by atoms with Crippen molar-refractivity contribution in [3.63, 3.8) is 0 Å². The molecule has 0 spiro atoms. The fourth-order valence-electron chi connectivity index (χ4n) is 2.42. The summed E-state index contributed by atoms with van der Waals surface area (Å²) in [6.07, 6.45) is 0. The standard InChI is InChI=1S/C18H17NO2/c1-12-17(20)15-6-4-5-7-16(15)21-18(12)13-8-10-14(11-9-13)19(2)3/h4-11H,1-3H3. The van der Waals surface area contributed by atoms with E-state index in [-0.39, 0.29) is 5.43 Å². The molecule has 0 fully saturated rings. The van der Waals surface area contributed by atoms with Crippen molar-refractivity contribution in [2.75, 3.05) is 19.0 Å². The molecule has 1 heterocycles. The normalized spacial score (nSPS) is 10.8. The van der Waals surface area contributed by atoms with Crippen molar-refractivity contribution in [1.29, 1.82) is 0 Å². The van der Waals surface area contributed by atoms with E-state index in [2.05, 4.69) is 0 Å². The highest BCUT2D eigenvalue weighted by Crippen LogP contribution is 2.27. The van der Waals surface area contributed by atoms with E-state index < -0.39 is 0 Å². The maximum absolute atomic E-state index is 12.4. The highest BCUT2D eigenvalue weighted by Gasteiger charge is 2.12. The van der Waals surface area contributed by atoms with Gasteiger partial charge in [-0.25, -0.2) is 0 Å². The van der Waals surface area contributed by atoms with E-state index in [1.807, 2.05) is 68.4 Å². The first kappa shape index (κ1) is 13.4. The van der Waals surface area contributed by atoms with Gasteiger partial charge in [-0.1, -0.05) is 12.1 Å². The smallest absolute Gasteiger partial charge is 0.196 e. The molecule has 0 N–H and O–H groups in total. The quantitative estimate of drug-likeness (QED) is 0.714. The Kier molecular flexibility index (Phi) is 3.26. The number of rotatable bonds is 2. The van der Waals surface area contributed by atoms with E-state index >= 15 is 0 Å². The van der Waals surface area contributed by atoms with Gasteiger partial charge >= 0.3 is 0 Å². The average Bonchev–Trinajstić information content (AvgIpc) is 2.51. The van der Waals surface area contributed by atoms with Gasteiger partial charge in [0.15, 0.2) is 5.43 Å². The minimum absolute atomic E-state index is 0.0311. The molecule has 3 heteroatoms. The minimum atomic E-state index is 0.0311. The van der Waals surface area contributed by atoms with Gasteiger partial charge in [0.1, 0.15) is 11.3 Å². The summed E-state index contributed by atoms with van der Waals surface area (Å²) in [7, 11) is 3.99. The summed E-state index contributed by atoms with van der Waals surface area (Å²) in [5, 5.41) is 0.628. The number of fused-ring (bicyclic) bond motifs is 1. The highest BCUT2D eigenvalue weighted by atomic mass is 16.3. The average molecular weight is 279 g/mol. The van der Waals surface area contributed by atoms with Gasteiger partial charge in [-0.05, 0) is 43.3 Å². The van der Waals surface area contributed by atoms with Crippen LogP contribution in [0.5, 0.6) is 0 Å². The largest absolute Gasteiger partial charge is 0.456 e. The molecule has 0 aliphatic carbocycles. The van der Waals surface area contributed by atoms with E-state index in [9.17, 15) is 4.79 Å². The van der Waals surface area contributed by atoms with E-state index in [1.165, 1.54) is 0 Å². The van der Waals surface area contributed by atoms with Crippen LogP contribution in [-0.2, 0) is 0 Å². The third-order valence-electron chi connectivity index (χ3n) is 3.67. The molecule has 0 aliphatic rings. The lowest BCUT2D eigenvalue weighted by atomic mass is 10.1. The molecule has 0 aliphatic heterocycles. The lowest BCUT2D eigenvalue weighted by Crippen LogP contribution is -2.08. The summed E-state index contributed by atoms with van der Waals surface area (Å²) in [6, 6.07) is 15.4. The first-order chi connectivity index (χ1) is 10.1. The van der Waals surface area contributed by atoms with Crippen molar-refractivity contribution in [2.45, 2.75) is 6.92 Å². The number of nitrogens with zero attached hydrogens (tertiary/aromatic N) is 1. The fourth-order valence-corrected chi connectivity index (χ4v) is 2.42. The van der Waals surface area contributed by atoms with Gasteiger partial charge in [0.05, 0.1) is 5.39 Å². The monoisotopic (exact) mass is 279 g/mol. The van der Waals surface area contributed by atoms with Crippen LogP contribution in [0, 0.1) is 6.92 Å². The Hall–Kier alpha value is -2.55. The SMILES string of the molecule is Cc1c(-c2ccc(N(C)C)cc2)oc2ccccc2c1=O. The van der Waals surface area contributed by atoms with Gasteiger partial charge in [-0.15, -0.1) is 0 Å². The van der Waals surface area contributed by atoms with Crippen molar-refractivity contribution in [2.24, 2.45) is 0 Å². The molecule has 1 aromatic heterocycles. The van der Waals surface area contributed by atoms with Crippen molar-refractivity contribution in [3.05, 3.63) is 64.3 Å².